The Morgan fingerprint density at radius 2 is 1.84 bits per heavy atom. The summed E-state index contributed by atoms with van der Waals surface area (Å²) in [5.74, 6) is 0.645. The Balaban J connectivity index is 1.34. The fraction of sp³-hybridized carbons (Fsp3) is 0.269. The minimum Gasteiger partial charge on any atom is -0.480 e. The number of fused-ring (bicyclic) bond motifs is 1. The fourth-order valence-corrected chi connectivity index (χ4v) is 4.54. The summed E-state index contributed by atoms with van der Waals surface area (Å²) in [5, 5.41) is 0. The van der Waals surface area contributed by atoms with Gasteiger partial charge >= 0.3 is 6.18 Å². The smallest absolute Gasteiger partial charge is 0.434 e. The first kappa shape index (κ1) is 24.0. The highest BCUT2D eigenvalue weighted by Gasteiger charge is 2.34. The molecule has 1 aliphatic rings. The summed E-state index contributed by atoms with van der Waals surface area (Å²) < 4.78 is 60.9. The van der Waals surface area contributed by atoms with Crippen molar-refractivity contribution in [2.75, 3.05) is 7.11 Å². The molecule has 1 saturated carbocycles. The van der Waals surface area contributed by atoms with Crippen molar-refractivity contribution >= 4 is 11.0 Å². The Morgan fingerprint density at radius 1 is 1.08 bits per heavy atom. The maximum absolute atomic E-state index is 15.0. The van der Waals surface area contributed by atoms with Crippen molar-refractivity contribution in [3.8, 4) is 28.7 Å². The van der Waals surface area contributed by atoms with E-state index in [2.05, 4.69) is 29.9 Å². The zero-order chi connectivity index (χ0) is 26.6. The van der Waals surface area contributed by atoms with Gasteiger partial charge < -0.3 is 14.3 Å². The van der Waals surface area contributed by atoms with E-state index < -0.39 is 17.8 Å². The molecule has 0 amide bonds. The van der Waals surface area contributed by atoms with E-state index in [-0.39, 0.29) is 18.2 Å². The minimum absolute atomic E-state index is 0.185. The van der Waals surface area contributed by atoms with Crippen LogP contribution in [0.4, 0.5) is 17.6 Å². The molecule has 1 fully saturated rings. The van der Waals surface area contributed by atoms with Crippen LogP contribution in [-0.2, 0) is 19.6 Å². The fourth-order valence-electron chi connectivity index (χ4n) is 4.54. The lowest BCUT2D eigenvalue weighted by Crippen LogP contribution is -2.04. The van der Waals surface area contributed by atoms with Gasteiger partial charge in [-0.2, -0.15) is 17.6 Å². The van der Waals surface area contributed by atoms with Gasteiger partial charge in [0.25, 0.3) is 0 Å². The quantitative estimate of drug-likeness (QED) is 0.298. The van der Waals surface area contributed by atoms with Gasteiger partial charge in [-0.3, -0.25) is 0 Å². The molecule has 38 heavy (non-hydrogen) atoms. The second-order valence-electron chi connectivity index (χ2n) is 9.22. The third-order valence-electron chi connectivity index (χ3n) is 6.57. The Kier molecular flexibility index (Phi) is 5.62. The van der Waals surface area contributed by atoms with Crippen LogP contribution in [0.25, 0.3) is 33.8 Å². The number of alkyl halides is 3. The number of imidazole rings is 1. The van der Waals surface area contributed by atoms with E-state index in [9.17, 15) is 13.2 Å². The van der Waals surface area contributed by atoms with Crippen molar-refractivity contribution in [1.29, 1.82) is 0 Å². The average Bonchev–Trinajstić information content (AvgIpc) is 3.60. The monoisotopic (exact) mass is 523 g/mol. The number of aryl methyl sites for hydroxylation is 1. The largest absolute Gasteiger partial charge is 0.480 e. The number of nitrogens with zero attached hydrogens (tertiary/aromatic N) is 6. The molecular formula is C26H21F4N7O. The third kappa shape index (κ3) is 4.25. The first-order valence-corrected chi connectivity index (χ1v) is 11.8. The Labute approximate surface area is 213 Å². The van der Waals surface area contributed by atoms with Crippen LogP contribution in [0.2, 0.25) is 0 Å². The number of rotatable bonds is 6. The molecule has 0 unspecified atom stereocenters. The molecule has 8 nitrogen and oxygen atoms in total. The number of aromatic amines is 1. The highest BCUT2D eigenvalue weighted by Crippen LogP contribution is 2.45. The van der Waals surface area contributed by atoms with Gasteiger partial charge in [0.1, 0.15) is 17.7 Å². The van der Waals surface area contributed by atoms with Gasteiger partial charge in [-0.1, -0.05) is 24.3 Å². The van der Waals surface area contributed by atoms with Crippen LogP contribution in [0.3, 0.4) is 0 Å². The van der Waals surface area contributed by atoms with E-state index in [1.807, 2.05) is 0 Å². The molecule has 0 saturated heterocycles. The van der Waals surface area contributed by atoms with E-state index in [1.54, 1.807) is 24.3 Å². The van der Waals surface area contributed by atoms with E-state index >= 15 is 4.39 Å². The van der Waals surface area contributed by atoms with Crippen LogP contribution in [-0.4, -0.2) is 41.6 Å². The van der Waals surface area contributed by atoms with Crippen molar-refractivity contribution < 1.29 is 22.3 Å². The van der Waals surface area contributed by atoms with Gasteiger partial charge in [0, 0.05) is 36.7 Å². The number of hydrogen-bond acceptors (Lipinski definition) is 6. The van der Waals surface area contributed by atoms with E-state index in [1.165, 1.54) is 31.2 Å². The lowest BCUT2D eigenvalue weighted by atomic mass is 10.0. The average molecular weight is 523 g/mol. The molecule has 1 N–H and O–H groups in total. The van der Waals surface area contributed by atoms with E-state index in [0.717, 1.165) is 30.3 Å². The van der Waals surface area contributed by atoms with Crippen molar-refractivity contribution in [3.05, 3.63) is 71.4 Å². The maximum atomic E-state index is 15.0. The summed E-state index contributed by atoms with van der Waals surface area (Å²) in [7, 11) is 3.02. The van der Waals surface area contributed by atoms with Gasteiger partial charge in [0.2, 0.25) is 5.88 Å². The van der Waals surface area contributed by atoms with Gasteiger partial charge in [-0.25, -0.2) is 24.9 Å². The molecule has 6 rings (SSSR count). The normalized spacial score (nSPS) is 13.8. The summed E-state index contributed by atoms with van der Waals surface area (Å²) in [6.07, 6.45) is 1.61. The van der Waals surface area contributed by atoms with Crippen LogP contribution in [0.15, 0.2) is 43.0 Å². The molecule has 12 heteroatoms. The molecule has 1 aromatic carbocycles. The molecule has 0 spiro atoms. The molecule has 5 aromatic rings. The molecule has 0 atom stereocenters. The van der Waals surface area contributed by atoms with Crippen molar-refractivity contribution in [3.63, 3.8) is 0 Å². The predicted molar refractivity (Wildman–Crippen MR) is 130 cm³/mol. The lowest BCUT2D eigenvalue weighted by molar-refractivity contribution is -0.140. The van der Waals surface area contributed by atoms with E-state index in [0.29, 0.717) is 39.4 Å². The number of halogens is 4. The Bertz CT molecular complexity index is 1650. The number of methoxy groups -OCH3 is 1. The van der Waals surface area contributed by atoms with Gasteiger partial charge in [0.05, 0.1) is 30.0 Å². The van der Waals surface area contributed by atoms with Crippen LogP contribution in [0, 0.1) is 5.95 Å². The summed E-state index contributed by atoms with van der Waals surface area (Å²) in [6.45, 7) is 0. The minimum atomic E-state index is -4.53. The van der Waals surface area contributed by atoms with Gasteiger partial charge in [-0.05, 0) is 18.4 Å². The summed E-state index contributed by atoms with van der Waals surface area (Å²) in [6, 6.07) is 6.80. The topological polar surface area (TPSA) is 94.4 Å². The van der Waals surface area contributed by atoms with Crippen LogP contribution in [0.5, 0.6) is 5.88 Å². The highest BCUT2D eigenvalue weighted by atomic mass is 19.4. The van der Waals surface area contributed by atoms with Crippen molar-refractivity contribution in [2.45, 2.75) is 31.4 Å². The number of ether oxygens (including phenoxy) is 1. The maximum Gasteiger partial charge on any atom is 0.434 e. The van der Waals surface area contributed by atoms with Gasteiger partial charge in [0.15, 0.2) is 17.5 Å². The molecule has 0 aliphatic heterocycles. The molecule has 4 aromatic heterocycles. The Hall–Kier alpha value is -4.35. The molecule has 1 aliphatic carbocycles. The third-order valence-corrected chi connectivity index (χ3v) is 6.57. The Morgan fingerprint density at radius 3 is 2.50 bits per heavy atom. The SMILES string of the molecule is COc1ncnc(C2CC2)c1-c1ncc2[nH]c(F)c(Cc3ccc(-c4nc(C(F)(F)F)cn4C)cc3)c2n1. The van der Waals surface area contributed by atoms with Crippen LogP contribution >= 0.6 is 0 Å². The first-order valence-electron chi connectivity index (χ1n) is 11.8. The standard InChI is InChI=1S/C26H21F4N7O/c1-37-11-18(26(28,29)30)35-24(37)15-5-3-13(4-6-15)9-16-21-17(34-22(16)27)10-31-23(36-21)19-20(14-7-8-14)32-12-33-25(19)38-2/h3-6,10-12,14,34H,7-9H2,1-2H3. The first-order chi connectivity index (χ1) is 18.2. The zero-order valence-electron chi connectivity index (χ0n) is 20.3. The summed E-state index contributed by atoms with van der Waals surface area (Å²) >= 11 is 0. The van der Waals surface area contributed by atoms with E-state index in [4.69, 9.17) is 4.74 Å². The number of H-pyrrole nitrogens is 1. The summed E-state index contributed by atoms with van der Waals surface area (Å²) in [4.78, 5) is 24.2. The number of benzene rings is 1. The number of nitrogens with one attached hydrogen (secondary N) is 1. The predicted octanol–water partition coefficient (Wildman–Crippen LogP) is 5.45. The van der Waals surface area contributed by atoms with Crippen molar-refractivity contribution in [2.24, 2.45) is 7.05 Å². The second-order valence-corrected chi connectivity index (χ2v) is 9.22. The van der Waals surface area contributed by atoms with Crippen molar-refractivity contribution in [1.82, 2.24) is 34.5 Å². The molecule has 4 heterocycles. The van der Waals surface area contributed by atoms with Crippen LogP contribution in [0.1, 0.15) is 41.3 Å². The molecule has 0 radical (unpaired) electrons. The van der Waals surface area contributed by atoms with Crippen LogP contribution < -0.4 is 4.74 Å². The summed E-state index contributed by atoms with van der Waals surface area (Å²) in [5.41, 5.74) is 2.92. The number of hydrogen-bond donors (Lipinski definition) is 1. The lowest BCUT2D eigenvalue weighted by Gasteiger charge is -2.10. The second kappa shape index (κ2) is 8.89. The molecule has 0 bridgehead atoms. The highest BCUT2D eigenvalue weighted by molar-refractivity contribution is 5.81. The molecule has 194 valence electrons. The van der Waals surface area contributed by atoms with Gasteiger partial charge in [-0.15, -0.1) is 0 Å². The molecular weight excluding hydrogens is 502 g/mol. The zero-order valence-corrected chi connectivity index (χ0v) is 20.3. The number of aromatic nitrogens is 7.